The zero-order valence-corrected chi connectivity index (χ0v) is 14.4. The van der Waals surface area contributed by atoms with Crippen LogP contribution in [0.3, 0.4) is 0 Å². The summed E-state index contributed by atoms with van der Waals surface area (Å²) < 4.78 is 14.8. The molecule has 0 aromatic heterocycles. The molecule has 0 saturated heterocycles. The highest BCUT2D eigenvalue weighted by atomic mass is 16.6. The van der Waals surface area contributed by atoms with Crippen molar-refractivity contribution in [2.24, 2.45) is 11.8 Å². The van der Waals surface area contributed by atoms with Crippen LogP contribution in [0.2, 0.25) is 0 Å². The Morgan fingerprint density at radius 1 is 1.20 bits per heavy atom. The van der Waals surface area contributed by atoms with E-state index in [0.29, 0.717) is 19.4 Å². The Morgan fingerprint density at radius 3 is 2.56 bits per heavy atom. The topological polar surface area (TPSA) is 90.9 Å². The van der Waals surface area contributed by atoms with Crippen molar-refractivity contribution in [2.45, 2.75) is 32.4 Å². The summed E-state index contributed by atoms with van der Waals surface area (Å²) in [5.41, 5.74) is 0.844. The molecule has 1 aliphatic rings. The zero-order chi connectivity index (χ0) is 18.2. The van der Waals surface area contributed by atoms with Gasteiger partial charge in [0.2, 0.25) is 0 Å². The van der Waals surface area contributed by atoms with Crippen molar-refractivity contribution in [3.63, 3.8) is 0 Å². The number of methoxy groups -OCH3 is 1. The highest BCUT2D eigenvalue weighted by Gasteiger charge is 2.46. The standard InChI is InChI=1S/C18H23NO6/c1-3-24-16(20)14-9-13(14)10-15(17(21)23-2)19-18(22)25-11-12-7-5-4-6-8-12/h4-8,13-15H,3,9-11H2,1-2H3,(H,19,22)/t13-,14+,15-/m1/s1. The second-order valence-corrected chi connectivity index (χ2v) is 5.87. The van der Waals surface area contributed by atoms with Crippen LogP contribution < -0.4 is 5.32 Å². The van der Waals surface area contributed by atoms with E-state index in [1.807, 2.05) is 30.3 Å². The molecule has 7 heteroatoms. The van der Waals surface area contributed by atoms with Crippen LogP contribution in [0.4, 0.5) is 4.79 Å². The smallest absolute Gasteiger partial charge is 0.408 e. The molecule has 1 aromatic carbocycles. The van der Waals surface area contributed by atoms with E-state index in [4.69, 9.17) is 14.2 Å². The lowest BCUT2D eigenvalue weighted by atomic mass is 10.1. The summed E-state index contributed by atoms with van der Waals surface area (Å²) in [7, 11) is 1.25. The Bertz CT molecular complexity index is 603. The van der Waals surface area contributed by atoms with Crippen LogP contribution in [0.15, 0.2) is 30.3 Å². The monoisotopic (exact) mass is 349 g/mol. The molecule has 7 nitrogen and oxygen atoms in total. The van der Waals surface area contributed by atoms with Crippen molar-refractivity contribution in [2.75, 3.05) is 13.7 Å². The SMILES string of the molecule is CCOC(=O)[C@H]1C[C@@H]1C[C@@H](NC(=O)OCc1ccccc1)C(=O)OC. The average molecular weight is 349 g/mol. The quantitative estimate of drug-likeness (QED) is 0.570. The van der Waals surface area contributed by atoms with Gasteiger partial charge in [-0.3, -0.25) is 4.79 Å². The minimum Gasteiger partial charge on any atom is -0.467 e. The molecule has 0 aliphatic heterocycles. The minimum atomic E-state index is -0.849. The molecule has 1 aromatic rings. The molecule has 2 rings (SSSR count). The first kappa shape index (κ1) is 18.8. The highest BCUT2D eigenvalue weighted by Crippen LogP contribution is 2.43. The summed E-state index contributed by atoms with van der Waals surface area (Å²) in [4.78, 5) is 35.5. The molecule has 0 heterocycles. The average Bonchev–Trinajstić information content (AvgIpc) is 3.39. The number of benzene rings is 1. The van der Waals surface area contributed by atoms with Crippen molar-refractivity contribution >= 4 is 18.0 Å². The number of ether oxygens (including phenoxy) is 3. The van der Waals surface area contributed by atoms with Gasteiger partial charge in [0.15, 0.2) is 0 Å². The number of hydrogen-bond donors (Lipinski definition) is 1. The van der Waals surface area contributed by atoms with E-state index in [9.17, 15) is 14.4 Å². The fraction of sp³-hybridized carbons (Fsp3) is 0.500. The first-order chi connectivity index (χ1) is 12.0. The highest BCUT2D eigenvalue weighted by molar-refractivity contribution is 5.82. The van der Waals surface area contributed by atoms with Gasteiger partial charge < -0.3 is 19.5 Å². The van der Waals surface area contributed by atoms with Crippen LogP contribution >= 0.6 is 0 Å². The van der Waals surface area contributed by atoms with Crippen molar-refractivity contribution in [1.82, 2.24) is 5.32 Å². The summed E-state index contributed by atoms with van der Waals surface area (Å²) in [6.45, 7) is 2.18. The predicted molar refractivity (Wildman–Crippen MR) is 88.4 cm³/mol. The zero-order valence-electron chi connectivity index (χ0n) is 14.4. The van der Waals surface area contributed by atoms with Crippen LogP contribution in [0.25, 0.3) is 0 Å². The lowest BCUT2D eigenvalue weighted by Crippen LogP contribution is -2.42. The van der Waals surface area contributed by atoms with Gasteiger partial charge in [0.05, 0.1) is 19.6 Å². The molecule has 1 amide bonds. The summed E-state index contributed by atoms with van der Waals surface area (Å²) in [6, 6.07) is 8.37. The summed E-state index contributed by atoms with van der Waals surface area (Å²) in [5.74, 6) is -1.04. The third-order valence-electron chi connectivity index (χ3n) is 4.04. The molecule has 0 unspecified atom stereocenters. The third kappa shape index (κ3) is 5.77. The summed E-state index contributed by atoms with van der Waals surface area (Å²) in [5, 5.41) is 2.51. The molecule has 1 saturated carbocycles. The van der Waals surface area contributed by atoms with E-state index in [2.05, 4.69) is 5.32 Å². The van der Waals surface area contributed by atoms with Gasteiger partial charge in [0.1, 0.15) is 12.6 Å². The van der Waals surface area contributed by atoms with E-state index in [0.717, 1.165) is 5.56 Å². The molecular formula is C18H23NO6. The van der Waals surface area contributed by atoms with Crippen molar-refractivity contribution in [3.05, 3.63) is 35.9 Å². The molecule has 0 spiro atoms. The van der Waals surface area contributed by atoms with Gasteiger partial charge in [-0.25, -0.2) is 9.59 Å². The minimum absolute atomic E-state index is 0.00225. The van der Waals surface area contributed by atoms with E-state index >= 15 is 0 Å². The fourth-order valence-corrected chi connectivity index (χ4v) is 2.61. The fourth-order valence-electron chi connectivity index (χ4n) is 2.61. The van der Waals surface area contributed by atoms with Crippen molar-refractivity contribution in [3.8, 4) is 0 Å². The maximum absolute atomic E-state index is 11.9. The Balaban J connectivity index is 1.82. The molecule has 0 radical (unpaired) electrons. The second-order valence-electron chi connectivity index (χ2n) is 5.87. The van der Waals surface area contributed by atoms with Gasteiger partial charge in [-0.2, -0.15) is 0 Å². The number of amides is 1. The second kappa shape index (κ2) is 9.05. The van der Waals surface area contributed by atoms with Crippen molar-refractivity contribution < 1.29 is 28.6 Å². The molecular weight excluding hydrogens is 326 g/mol. The molecule has 0 bridgehead atoms. The Kier molecular flexibility index (Phi) is 6.80. The van der Waals surface area contributed by atoms with Crippen LogP contribution in [-0.2, 0) is 30.4 Å². The van der Waals surface area contributed by atoms with E-state index in [-0.39, 0.29) is 24.4 Å². The van der Waals surface area contributed by atoms with Gasteiger partial charge >= 0.3 is 18.0 Å². The van der Waals surface area contributed by atoms with Crippen LogP contribution in [0.5, 0.6) is 0 Å². The van der Waals surface area contributed by atoms with Crippen LogP contribution in [0, 0.1) is 11.8 Å². The van der Waals surface area contributed by atoms with Gasteiger partial charge in [0.25, 0.3) is 0 Å². The predicted octanol–water partition coefficient (Wildman–Crippen LogP) is 2.04. The van der Waals surface area contributed by atoms with Gasteiger partial charge in [0, 0.05) is 0 Å². The number of hydrogen-bond acceptors (Lipinski definition) is 6. The largest absolute Gasteiger partial charge is 0.467 e. The number of nitrogens with one attached hydrogen (secondary N) is 1. The third-order valence-corrected chi connectivity index (χ3v) is 4.04. The maximum Gasteiger partial charge on any atom is 0.408 e. The lowest BCUT2D eigenvalue weighted by molar-refractivity contribution is -0.146. The van der Waals surface area contributed by atoms with E-state index < -0.39 is 18.1 Å². The summed E-state index contributed by atoms with van der Waals surface area (Å²) in [6.07, 6.45) is 0.261. The number of esters is 2. The first-order valence-electron chi connectivity index (χ1n) is 8.26. The van der Waals surface area contributed by atoms with Crippen LogP contribution in [0.1, 0.15) is 25.3 Å². The Hall–Kier alpha value is -2.57. The molecule has 1 N–H and O–H groups in total. The molecule has 1 aliphatic carbocycles. The molecule has 3 atom stereocenters. The maximum atomic E-state index is 11.9. The van der Waals surface area contributed by atoms with E-state index in [1.54, 1.807) is 6.92 Å². The number of rotatable bonds is 8. The number of carbonyl (C=O) groups excluding carboxylic acids is 3. The normalized spacial score (nSPS) is 19.4. The van der Waals surface area contributed by atoms with Gasteiger partial charge in [-0.15, -0.1) is 0 Å². The molecule has 1 fully saturated rings. The molecule has 25 heavy (non-hydrogen) atoms. The first-order valence-corrected chi connectivity index (χ1v) is 8.26. The Morgan fingerprint density at radius 2 is 1.92 bits per heavy atom. The van der Waals surface area contributed by atoms with E-state index in [1.165, 1.54) is 7.11 Å². The lowest BCUT2D eigenvalue weighted by Gasteiger charge is -2.16. The van der Waals surface area contributed by atoms with Gasteiger partial charge in [-0.05, 0) is 31.2 Å². The summed E-state index contributed by atoms with van der Waals surface area (Å²) >= 11 is 0. The van der Waals surface area contributed by atoms with Gasteiger partial charge in [-0.1, -0.05) is 30.3 Å². The van der Waals surface area contributed by atoms with Crippen LogP contribution in [-0.4, -0.2) is 37.8 Å². The number of alkyl carbamates (subject to hydrolysis) is 1. The number of carbonyl (C=O) groups is 3. The molecule has 136 valence electrons. The van der Waals surface area contributed by atoms with Crippen molar-refractivity contribution in [1.29, 1.82) is 0 Å². The Labute approximate surface area is 146 Å².